The molecule has 0 radical (unpaired) electrons. The molecule has 0 heterocycles. The fraction of sp³-hybridized carbons (Fsp3) is 0.778. The van der Waals surface area contributed by atoms with Gasteiger partial charge in [-0.25, -0.2) is 0 Å². The van der Waals surface area contributed by atoms with Crippen molar-refractivity contribution in [1.29, 1.82) is 0 Å². The van der Waals surface area contributed by atoms with Crippen LogP contribution < -0.4 is 5.32 Å². The summed E-state index contributed by atoms with van der Waals surface area (Å²) in [6.45, 7) is 9.31. The molecule has 0 amide bonds. The van der Waals surface area contributed by atoms with Gasteiger partial charge in [0, 0.05) is 25.3 Å². The van der Waals surface area contributed by atoms with Crippen LogP contribution in [0.1, 0.15) is 26.7 Å². The lowest BCUT2D eigenvalue weighted by Gasteiger charge is -2.09. The molecular formula is C9H19NO. The quantitative estimate of drug-likeness (QED) is 0.612. The Kier molecular flexibility index (Phi) is 5.94. The van der Waals surface area contributed by atoms with Crippen molar-refractivity contribution in [1.82, 2.24) is 5.32 Å². The minimum absolute atomic E-state index is 0.188. The van der Waals surface area contributed by atoms with Crippen LogP contribution in [0.25, 0.3) is 0 Å². The summed E-state index contributed by atoms with van der Waals surface area (Å²) in [4.78, 5) is 0. The summed E-state index contributed by atoms with van der Waals surface area (Å²) in [5.74, 6) is 0.726. The number of aliphatic hydroxyl groups is 1. The average molecular weight is 157 g/mol. The molecule has 0 saturated carbocycles. The first-order valence-electron chi connectivity index (χ1n) is 4.19. The summed E-state index contributed by atoms with van der Waals surface area (Å²) < 4.78 is 0. The monoisotopic (exact) mass is 157 g/mol. The molecule has 2 nitrogen and oxygen atoms in total. The van der Waals surface area contributed by atoms with Gasteiger partial charge in [0.25, 0.3) is 0 Å². The van der Waals surface area contributed by atoms with Crippen molar-refractivity contribution in [3.05, 3.63) is 12.3 Å². The van der Waals surface area contributed by atoms with E-state index in [1.54, 1.807) is 0 Å². The van der Waals surface area contributed by atoms with Crippen molar-refractivity contribution in [3.63, 3.8) is 0 Å². The van der Waals surface area contributed by atoms with E-state index in [-0.39, 0.29) is 6.61 Å². The summed E-state index contributed by atoms with van der Waals surface area (Å²) in [6.07, 6.45) is 1.82. The van der Waals surface area contributed by atoms with Gasteiger partial charge >= 0.3 is 0 Å². The van der Waals surface area contributed by atoms with Crippen LogP contribution in [0.3, 0.4) is 0 Å². The van der Waals surface area contributed by atoms with E-state index in [1.807, 2.05) is 0 Å². The number of hydrogen-bond acceptors (Lipinski definition) is 2. The Morgan fingerprint density at radius 1 is 1.55 bits per heavy atom. The van der Waals surface area contributed by atoms with E-state index in [0.29, 0.717) is 6.42 Å². The predicted molar refractivity (Wildman–Crippen MR) is 48.3 cm³/mol. The van der Waals surface area contributed by atoms with Gasteiger partial charge in [0.2, 0.25) is 0 Å². The standard InChI is InChI=1S/C9H19NO/c1-8(2)4-6-10-9(3)5-7-11/h8,10-11H,3-7H2,1-2H3. The second kappa shape index (κ2) is 6.23. The number of rotatable bonds is 6. The number of nitrogens with one attached hydrogen (secondary N) is 1. The number of hydrogen-bond donors (Lipinski definition) is 2. The highest BCUT2D eigenvalue weighted by Crippen LogP contribution is 1.98. The Hall–Kier alpha value is -0.500. The van der Waals surface area contributed by atoms with E-state index < -0.39 is 0 Å². The lowest BCUT2D eigenvalue weighted by molar-refractivity contribution is 0.296. The molecule has 66 valence electrons. The fourth-order valence-corrected chi connectivity index (χ4v) is 0.761. The summed E-state index contributed by atoms with van der Waals surface area (Å²) in [5, 5.41) is 11.7. The van der Waals surface area contributed by atoms with Crippen LogP contribution in [0.4, 0.5) is 0 Å². The van der Waals surface area contributed by atoms with Crippen molar-refractivity contribution in [2.45, 2.75) is 26.7 Å². The predicted octanol–water partition coefficient (Wildman–Crippen LogP) is 1.52. The molecule has 0 bridgehead atoms. The van der Waals surface area contributed by atoms with E-state index in [4.69, 9.17) is 5.11 Å². The number of aliphatic hydroxyl groups excluding tert-OH is 1. The van der Waals surface area contributed by atoms with E-state index in [9.17, 15) is 0 Å². The molecule has 2 N–H and O–H groups in total. The van der Waals surface area contributed by atoms with Crippen LogP contribution >= 0.6 is 0 Å². The van der Waals surface area contributed by atoms with E-state index >= 15 is 0 Å². The normalized spacial score (nSPS) is 10.2. The molecular weight excluding hydrogens is 138 g/mol. The first-order chi connectivity index (χ1) is 5.16. The Balaban J connectivity index is 3.17. The Bertz CT molecular complexity index is 110. The second-order valence-corrected chi connectivity index (χ2v) is 3.19. The molecule has 0 aromatic heterocycles. The van der Waals surface area contributed by atoms with Gasteiger partial charge in [-0.2, -0.15) is 0 Å². The molecule has 0 saturated heterocycles. The van der Waals surface area contributed by atoms with Gasteiger partial charge in [-0.15, -0.1) is 0 Å². The smallest absolute Gasteiger partial charge is 0.0485 e. The summed E-state index contributed by atoms with van der Waals surface area (Å²) in [5.41, 5.74) is 0.938. The topological polar surface area (TPSA) is 32.3 Å². The zero-order valence-electron chi connectivity index (χ0n) is 7.56. The van der Waals surface area contributed by atoms with Gasteiger partial charge in [0.1, 0.15) is 0 Å². The summed E-state index contributed by atoms with van der Waals surface area (Å²) in [6, 6.07) is 0. The summed E-state index contributed by atoms with van der Waals surface area (Å²) >= 11 is 0. The molecule has 11 heavy (non-hydrogen) atoms. The molecule has 0 aromatic carbocycles. The van der Waals surface area contributed by atoms with Crippen LogP contribution in [-0.2, 0) is 0 Å². The molecule has 0 aliphatic rings. The third-order valence-electron chi connectivity index (χ3n) is 1.51. The molecule has 0 spiro atoms. The lowest BCUT2D eigenvalue weighted by Crippen LogP contribution is -2.16. The Morgan fingerprint density at radius 2 is 2.18 bits per heavy atom. The third kappa shape index (κ3) is 7.40. The van der Waals surface area contributed by atoms with E-state index in [0.717, 1.165) is 24.6 Å². The molecule has 0 rings (SSSR count). The lowest BCUT2D eigenvalue weighted by atomic mass is 10.1. The van der Waals surface area contributed by atoms with Crippen LogP contribution in [0, 0.1) is 5.92 Å². The highest BCUT2D eigenvalue weighted by Gasteiger charge is 1.94. The van der Waals surface area contributed by atoms with Crippen LogP contribution in [0.15, 0.2) is 12.3 Å². The molecule has 0 fully saturated rings. The fourth-order valence-electron chi connectivity index (χ4n) is 0.761. The highest BCUT2D eigenvalue weighted by molar-refractivity contribution is 4.90. The zero-order chi connectivity index (χ0) is 8.69. The third-order valence-corrected chi connectivity index (χ3v) is 1.51. The minimum atomic E-state index is 0.188. The maximum absolute atomic E-state index is 8.54. The van der Waals surface area contributed by atoms with Gasteiger partial charge in [-0.3, -0.25) is 0 Å². The van der Waals surface area contributed by atoms with E-state index in [2.05, 4.69) is 25.7 Å². The first-order valence-corrected chi connectivity index (χ1v) is 4.19. The van der Waals surface area contributed by atoms with Crippen molar-refractivity contribution < 1.29 is 5.11 Å². The van der Waals surface area contributed by atoms with Gasteiger partial charge in [0.05, 0.1) is 0 Å². The molecule has 0 aromatic rings. The first kappa shape index (κ1) is 10.5. The van der Waals surface area contributed by atoms with Gasteiger partial charge < -0.3 is 10.4 Å². The second-order valence-electron chi connectivity index (χ2n) is 3.19. The van der Waals surface area contributed by atoms with E-state index in [1.165, 1.54) is 0 Å². The van der Waals surface area contributed by atoms with Crippen LogP contribution in [0.2, 0.25) is 0 Å². The molecule has 0 unspecified atom stereocenters. The minimum Gasteiger partial charge on any atom is -0.396 e. The Morgan fingerprint density at radius 3 is 2.64 bits per heavy atom. The average Bonchev–Trinajstić information content (AvgIpc) is 1.87. The molecule has 0 aliphatic carbocycles. The van der Waals surface area contributed by atoms with Gasteiger partial charge in [0.15, 0.2) is 0 Å². The van der Waals surface area contributed by atoms with Crippen LogP contribution in [-0.4, -0.2) is 18.3 Å². The van der Waals surface area contributed by atoms with Crippen molar-refractivity contribution in [2.24, 2.45) is 5.92 Å². The Labute approximate surface area is 69.3 Å². The summed E-state index contributed by atoms with van der Waals surface area (Å²) in [7, 11) is 0. The molecule has 0 atom stereocenters. The molecule has 2 heteroatoms. The zero-order valence-corrected chi connectivity index (χ0v) is 7.56. The van der Waals surface area contributed by atoms with Crippen molar-refractivity contribution in [3.8, 4) is 0 Å². The largest absolute Gasteiger partial charge is 0.396 e. The van der Waals surface area contributed by atoms with Crippen LogP contribution in [0.5, 0.6) is 0 Å². The van der Waals surface area contributed by atoms with Gasteiger partial charge in [-0.1, -0.05) is 20.4 Å². The van der Waals surface area contributed by atoms with Gasteiger partial charge in [-0.05, 0) is 12.3 Å². The van der Waals surface area contributed by atoms with Crippen molar-refractivity contribution in [2.75, 3.05) is 13.2 Å². The highest BCUT2D eigenvalue weighted by atomic mass is 16.3. The van der Waals surface area contributed by atoms with Crippen molar-refractivity contribution >= 4 is 0 Å². The molecule has 0 aliphatic heterocycles. The maximum Gasteiger partial charge on any atom is 0.0485 e. The maximum atomic E-state index is 8.54. The SMILES string of the molecule is C=C(CCO)NCCC(C)C.